The van der Waals surface area contributed by atoms with Gasteiger partial charge in [-0.1, -0.05) is 0 Å². The third-order valence-corrected chi connectivity index (χ3v) is 1.48. The largest absolute Gasteiger partial charge is 0.478 e. The van der Waals surface area contributed by atoms with Gasteiger partial charge < -0.3 is 14.8 Å². The van der Waals surface area contributed by atoms with Crippen LogP contribution in [0.1, 0.15) is 17.3 Å². The molecule has 0 unspecified atom stereocenters. The smallest absolute Gasteiger partial charge is 0.338 e. The average Bonchev–Trinajstić information content (AvgIpc) is 2.68. The molecule has 0 saturated heterocycles. The summed E-state index contributed by atoms with van der Waals surface area (Å²) in [5, 5.41) is 10.8. The van der Waals surface area contributed by atoms with Gasteiger partial charge in [0.25, 0.3) is 0 Å². The van der Waals surface area contributed by atoms with E-state index in [1.807, 2.05) is 0 Å². The summed E-state index contributed by atoms with van der Waals surface area (Å²) in [5.41, 5.74) is 0.185. The summed E-state index contributed by atoms with van der Waals surface area (Å²) in [4.78, 5) is 20.1. The minimum absolute atomic E-state index is 0.00838. The summed E-state index contributed by atoms with van der Waals surface area (Å²) < 4.78 is 4.49. The molecule has 0 aliphatic rings. The van der Waals surface area contributed by atoms with Gasteiger partial charge in [-0.15, -0.1) is 0 Å². The van der Waals surface area contributed by atoms with Crippen molar-refractivity contribution >= 4 is 24.5 Å². The monoisotopic (exact) mass is 231 g/mol. The first-order valence-corrected chi connectivity index (χ1v) is 4.82. The molecule has 1 aromatic rings. The van der Waals surface area contributed by atoms with Crippen LogP contribution in [-0.4, -0.2) is 29.3 Å². The van der Waals surface area contributed by atoms with Crippen LogP contribution in [0.4, 0.5) is 0 Å². The Hall–Kier alpha value is -1.43. The molecule has 0 bridgehead atoms. The van der Waals surface area contributed by atoms with E-state index in [2.05, 4.69) is 22.4 Å². The van der Waals surface area contributed by atoms with Gasteiger partial charge in [0.15, 0.2) is 0 Å². The number of aromatic carboxylic acids is 1. The van der Waals surface area contributed by atoms with Gasteiger partial charge in [-0.3, -0.25) is 4.79 Å². The highest BCUT2D eigenvalue weighted by Gasteiger charge is 2.00. The molecule has 0 fully saturated rings. The molecule has 1 heterocycles. The normalized spacial score (nSPS) is 8.67. The fraction of sp³-hybridized carbons (Fsp3) is 0.333. The van der Waals surface area contributed by atoms with Crippen molar-refractivity contribution in [3.8, 4) is 0 Å². The highest BCUT2D eigenvalue weighted by molar-refractivity contribution is 7.80. The summed E-state index contributed by atoms with van der Waals surface area (Å²) in [6.45, 7) is 2.15. The number of carbonyl (C=O) groups is 2. The first-order chi connectivity index (χ1) is 7.07. The lowest BCUT2D eigenvalue weighted by molar-refractivity contribution is -0.118. The van der Waals surface area contributed by atoms with Crippen LogP contribution in [-0.2, 0) is 4.79 Å². The van der Waals surface area contributed by atoms with E-state index in [-0.39, 0.29) is 11.5 Å². The maximum Gasteiger partial charge on any atom is 0.338 e. The van der Waals surface area contributed by atoms with E-state index in [9.17, 15) is 9.59 Å². The van der Waals surface area contributed by atoms with Crippen molar-refractivity contribution in [2.45, 2.75) is 6.92 Å². The number of thiol groups is 1. The standard InChI is InChI=1S/C5H4O3.C4H9NOS/c6-5(7)4-1-2-8-3-4;1-4(6)5-2-3-7/h1-3H,(H,6,7);7H,2-3H2,1H3,(H,5,6). The predicted octanol–water partition coefficient (Wildman–Crippen LogP) is 1.03. The van der Waals surface area contributed by atoms with Crippen molar-refractivity contribution in [1.29, 1.82) is 0 Å². The Kier molecular flexibility index (Phi) is 7.17. The molecule has 1 rings (SSSR count). The van der Waals surface area contributed by atoms with Crippen LogP contribution in [0, 0.1) is 0 Å². The average molecular weight is 231 g/mol. The second kappa shape index (κ2) is 7.93. The zero-order valence-electron chi connectivity index (χ0n) is 8.27. The van der Waals surface area contributed by atoms with Gasteiger partial charge in [0.05, 0.1) is 11.8 Å². The van der Waals surface area contributed by atoms with E-state index in [0.717, 1.165) is 0 Å². The topological polar surface area (TPSA) is 79.5 Å². The molecule has 0 spiro atoms. The summed E-state index contributed by atoms with van der Waals surface area (Å²) in [7, 11) is 0. The Morgan fingerprint density at radius 3 is 2.47 bits per heavy atom. The number of rotatable bonds is 3. The first kappa shape index (κ1) is 13.6. The number of furan rings is 1. The van der Waals surface area contributed by atoms with Crippen LogP contribution in [0.5, 0.6) is 0 Å². The predicted molar refractivity (Wildman–Crippen MR) is 58.2 cm³/mol. The van der Waals surface area contributed by atoms with Crippen molar-refractivity contribution < 1.29 is 19.1 Å². The molecule has 1 aromatic heterocycles. The molecule has 0 saturated carbocycles. The number of amides is 1. The Morgan fingerprint density at radius 1 is 1.60 bits per heavy atom. The van der Waals surface area contributed by atoms with Crippen molar-refractivity contribution in [1.82, 2.24) is 5.32 Å². The molecular weight excluding hydrogens is 218 g/mol. The highest BCUT2D eigenvalue weighted by atomic mass is 32.1. The highest BCUT2D eigenvalue weighted by Crippen LogP contribution is 1.97. The van der Waals surface area contributed by atoms with Gasteiger partial charge in [-0.2, -0.15) is 12.6 Å². The first-order valence-electron chi connectivity index (χ1n) is 4.18. The zero-order chi connectivity index (χ0) is 11.7. The van der Waals surface area contributed by atoms with Crippen LogP contribution >= 0.6 is 12.6 Å². The lowest BCUT2D eigenvalue weighted by atomic mass is 10.4. The number of hydrogen-bond acceptors (Lipinski definition) is 4. The second-order valence-electron chi connectivity index (χ2n) is 2.52. The van der Waals surface area contributed by atoms with Crippen molar-refractivity contribution in [2.75, 3.05) is 12.3 Å². The quantitative estimate of drug-likeness (QED) is 0.679. The van der Waals surface area contributed by atoms with Crippen molar-refractivity contribution in [3.05, 3.63) is 24.2 Å². The van der Waals surface area contributed by atoms with Gasteiger partial charge >= 0.3 is 5.97 Å². The van der Waals surface area contributed by atoms with E-state index < -0.39 is 5.97 Å². The van der Waals surface area contributed by atoms with Gasteiger partial charge in [-0.25, -0.2) is 4.79 Å². The Balaban J connectivity index is 0.000000265. The Morgan fingerprint density at radius 2 is 2.27 bits per heavy atom. The molecule has 1 amide bonds. The van der Waals surface area contributed by atoms with Gasteiger partial charge in [0, 0.05) is 19.2 Å². The van der Waals surface area contributed by atoms with E-state index in [0.29, 0.717) is 12.3 Å². The minimum Gasteiger partial charge on any atom is -0.478 e. The SMILES string of the molecule is CC(=O)NCCS.O=C(O)c1ccoc1. The molecule has 0 aliphatic heterocycles. The van der Waals surface area contributed by atoms with E-state index in [4.69, 9.17) is 5.11 Å². The van der Waals surface area contributed by atoms with Crippen LogP contribution in [0.2, 0.25) is 0 Å². The molecule has 0 atom stereocenters. The Bertz CT molecular complexity index is 297. The van der Waals surface area contributed by atoms with Gasteiger partial charge in [-0.05, 0) is 6.07 Å². The summed E-state index contributed by atoms with van der Waals surface area (Å²) >= 11 is 3.88. The number of carboxylic acid groups (broad SMARTS) is 1. The summed E-state index contributed by atoms with van der Waals surface area (Å²) in [6.07, 6.45) is 2.51. The van der Waals surface area contributed by atoms with Crippen LogP contribution in [0.15, 0.2) is 23.0 Å². The lowest BCUT2D eigenvalue weighted by Gasteiger charge is -1.93. The number of carboxylic acids is 1. The van der Waals surface area contributed by atoms with Gasteiger partial charge in [0.2, 0.25) is 5.91 Å². The molecule has 5 nitrogen and oxygen atoms in total. The molecule has 2 N–H and O–H groups in total. The number of hydrogen-bond donors (Lipinski definition) is 3. The fourth-order valence-electron chi connectivity index (χ4n) is 0.618. The molecule has 15 heavy (non-hydrogen) atoms. The maximum absolute atomic E-state index is 10.1. The molecule has 84 valence electrons. The summed E-state index contributed by atoms with van der Waals surface area (Å²) in [6, 6.07) is 1.39. The van der Waals surface area contributed by atoms with Crippen molar-refractivity contribution in [2.24, 2.45) is 0 Å². The molecule has 0 aliphatic carbocycles. The third kappa shape index (κ3) is 7.63. The lowest BCUT2D eigenvalue weighted by Crippen LogP contribution is -2.21. The van der Waals surface area contributed by atoms with E-state index >= 15 is 0 Å². The third-order valence-electron chi connectivity index (χ3n) is 1.25. The number of carbonyl (C=O) groups excluding carboxylic acids is 1. The number of nitrogens with one attached hydrogen (secondary N) is 1. The summed E-state index contributed by atoms with van der Waals surface area (Å²) in [5.74, 6) is -0.243. The Labute approximate surface area is 92.9 Å². The molecule has 6 heteroatoms. The molecular formula is C9H13NO4S. The second-order valence-corrected chi connectivity index (χ2v) is 2.97. The van der Waals surface area contributed by atoms with Crippen LogP contribution < -0.4 is 5.32 Å². The zero-order valence-corrected chi connectivity index (χ0v) is 9.16. The molecule has 0 radical (unpaired) electrons. The van der Waals surface area contributed by atoms with E-state index in [1.165, 1.54) is 25.5 Å². The van der Waals surface area contributed by atoms with Gasteiger partial charge in [0.1, 0.15) is 6.26 Å². The van der Waals surface area contributed by atoms with Crippen LogP contribution in [0.3, 0.4) is 0 Å². The minimum atomic E-state index is -0.959. The van der Waals surface area contributed by atoms with Crippen molar-refractivity contribution in [3.63, 3.8) is 0 Å². The fourth-order valence-corrected chi connectivity index (χ4v) is 0.730. The van der Waals surface area contributed by atoms with E-state index in [1.54, 1.807) is 0 Å². The maximum atomic E-state index is 10.1. The van der Waals surface area contributed by atoms with Crippen LogP contribution in [0.25, 0.3) is 0 Å². The molecule has 0 aromatic carbocycles.